The van der Waals surface area contributed by atoms with E-state index in [0.717, 1.165) is 55.6 Å². The normalized spacial score (nSPS) is 27.8. The van der Waals surface area contributed by atoms with Crippen molar-refractivity contribution in [3.05, 3.63) is 18.6 Å². The summed E-state index contributed by atoms with van der Waals surface area (Å²) in [6, 6.07) is 2.39. The number of esters is 1. The van der Waals surface area contributed by atoms with Crippen molar-refractivity contribution >= 4 is 28.9 Å². The van der Waals surface area contributed by atoms with Crippen molar-refractivity contribution in [1.82, 2.24) is 19.9 Å². The summed E-state index contributed by atoms with van der Waals surface area (Å²) in [6.45, 7) is 1.94. The number of carbonyl (C=O) groups is 2. The SMILES string of the molecule is COC(=O)C1CC1CCOC(=O)N1CCC[C@@H]2[C@H]1CCN2c1ncnc2[nH]ccc12. The number of carbonyl (C=O) groups excluding carboxylic acids is 2. The highest BCUT2D eigenvalue weighted by atomic mass is 16.6. The largest absolute Gasteiger partial charge is 0.469 e. The smallest absolute Gasteiger partial charge is 0.410 e. The number of likely N-dealkylation sites (tertiary alicyclic amines) is 1. The van der Waals surface area contributed by atoms with Crippen LogP contribution >= 0.6 is 0 Å². The first kappa shape index (κ1) is 19.1. The average molecular weight is 413 g/mol. The number of nitrogens with one attached hydrogen (secondary N) is 1. The van der Waals surface area contributed by atoms with Crippen LogP contribution in [0.2, 0.25) is 0 Å². The zero-order valence-corrected chi connectivity index (χ0v) is 17.1. The van der Waals surface area contributed by atoms with Crippen LogP contribution in [0.3, 0.4) is 0 Å². The van der Waals surface area contributed by atoms with Gasteiger partial charge in [0.1, 0.15) is 17.8 Å². The van der Waals surface area contributed by atoms with Crippen molar-refractivity contribution in [2.75, 3.05) is 31.7 Å². The summed E-state index contributed by atoms with van der Waals surface area (Å²) in [7, 11) is 1.41. The number of aromatic amines is 1. The topological polar surface area (TPSA) is 101 Å². The molecule has 2 aliphatic heterocycles. The standard InChI is InChI=1S/C21H27N5O4/c1-29-20(27)15-11-13(15)6-10-30-21(28)26-8-2-3-16-17(26)5-9-25(16)19-14-4-7-22-18(14)23-12-24-19/h4,7,12-13,15-17H,2-3,5-6,8-11H2,1H3,(H,22,23,24)/t13?,15?,16-,17-/m1/s1. The third-order valence-electron chi connectivity index (χ3n) is 6.79. The highest BCUT2D eigenvalue weighted by Crippen LogP contribution is 2.42. The number of aromatic nitrogens is 3. The van der Waals surface area contributed by atoms with Crippen molar-refractivity contribution < 1.29 is 19.1 Å². The number of H-pyrrole nitrogens is 1. The van der Waals surface area contributed by atoms with E-state index in [1.54, 1.807) is 6.33 Å². The second-order valence-electron chi connectivity index (χ2n) is 8.42. The first-order chi connectivity index (χ1) is 14.7. The van der Waals surface area contributed by atoms with Crippen LogP contribution in [0.5, 0.6) is 0 Å². The first-order valence-electron chi connectivity index (χ1n) is 10.7. The molecule has 1 amide bonds. The zero-order chi connectivity index (χ0) is 20.7. The molecule has 0 bridgehead atoms. The van der Waals surface area contributed by atoms with Crippen molar-refractivity contribution in [2.24, 2.45) is 11.8 Å². The van der Waals surface area contributed by atoms with Crippen LogP contribution < -0.4 is 4.90 Å². The number of nitrogens with zero attached hydrogens (tertiary/aromatic N) is 4. The molecule has 1 aliphatic carbocycles. The lowest BCUT2D eigenvalue weighted by molar-refractivity contribution is -0.142. The van der Waals surface area contributed by atoms with Gasteiger partial charge in [0.2, 0.25) is 0 Å². The van der Waals surface area contributed by atoms with Gasteiger partial charge in [-0.3, -0.25) is 4.79 Å². The molecule has 2 unspecified atom stereocenters. The second kappa shape index (κ2) is 7.77. The van der Waals surface area contributed by atoms with Crippen LogP contribution in [-0.4, -0.2) is 70.8 Å². The fourth-order valence-corrected chi connectivity index (χ4v) is 5.15. The lowest BCUT2D eigenvalue weighted by Crippen LogP contribution is -2.52. The van der Waals surface area contributed by atoms with Crippen molar-refractivity contribution in [3.63, 3.8) is 0 Å². The van der Waals surface area contributed by atoms with E-state index in [2.05, 4.69) is 19.9 Å². The first-order valence-corrected chi connectivity index (χ1v) is 10.7. The minimum Gasteiger partial charge on any atom is -0.469 e. The predicted octanol–water partition coefficient (Wildman–Crippen LogP) is 2.34. The number of hydrogen-bond donors (Lipinski definition) is 1. The van der Waals surface area contributed by atoms with Gasteiger partial charge in [0.15, 0.2) is 0 Å². The van der Waals surface area contributed by atoms with E-state index in [-0.39, 0.29) is 36.0 Å². The molecule has 1 N–H and O–H groups in total. The zero-order valence-electron chi connectivity index (χ0n) is 17.1. The molecule has 30 heavy (non-hydrogen) atoms. The van der Waals surface area contributed by atoms with E-state index < -0.39 is 0 Å². The van der Waals surface area contributed by atoms with Gasteiger partial charge in [0.05, 0.1) is 37.1 Å². The van der Waals surface area contributed by atoms with Gasteiger partial charge in [-0.15, -0.1) is 0 Å². The summed E-state index contributed by atoms with van der Waals surface area (Å²) in [6.07, 6.45) is 7.67. The summed E-state index contributed by atoms with van der Waals surface area (Å²) < 4.78 is 10.4. The Kier molecular flexibility index (Phi) is 4.96. The molecule has 160 valence electrons. The van der Waals surface area contributed by atoms with Gasteiger partial charge in [-0.05, 0) is 44.1 Å². The van der Waals surface area contributed by atoms with Gasteiger partial charge in [0, 0.05) is 19.3 Å². The lowest BCUT2D eigenvalue weighted by atomic mass is 9.97. The predicted molar refractivity (Wildman–Crippen MR) is 109 cm³/mol. The van der Waals surface area contributed by atoms with Gasteiger partial charge < -0.3 is 24.3 Å². The Morgan fingerprint density at radius 1 is 1.23 bits per heavy atom. The van der Waals surface area contributed by atoms with Crippen molar-refractivity contribution in [1.29, 1.82) is 0 Å². The molecule has 4 heterocycles. The van der Waals surface area contributed by atoms with E-state index in [9.17, 15) is 9.59 Å². The monoisotopic (exact) mass is 413 g/mol. The van der Waals surface area contributed by atoms with E-state index in [1.165, 1.54) is 7.11 Å². The van der Waals surface area contributed by atoms with Gasteiger partial charge in [-0.25, -0.2) is 14.8 Å². The van der Waals surface area contributed by atoms with Crippen molar-refractivity contribution in [3.8, 4) is 0 Å². The third-order valence-corrected chi connectivity index (χ3v) is 6.79. The Labute approximate surface area is 174 Å². The number of rotatable bonds is 5. The van der Waals surface area contributed by atoms with Crippen LogP contribution in [-0.2, 0) is 14.3 Å². The van der Waals surface area contributed by atoms with Crippen LogP contribution in [0.25, 0.3) is 11.0 Å². The highest BCUT2D eigenvalue weighted by Gasteiger charge is 2.45. The van der Waals surface area contributed by atoms with Gasteiger partial charge >= 0.3 is 12.1 Å². The summed E-state index contributed by atoms with van der Waals surface area (Å²) in [4.78, 5) is 40.5. The molecule has 2 saturated heterocycles. The minimum atomic E-state index is -0.240. The summed E-state index contributed by atoms with van der Waals surface area (Å²) in [5, 5.41) is 1.02. The lowest BCUT2D eigenvalue weighted by Gasteiger charge is -2.39. The number of amides is 1. The van der Waals surface area contributed by atoms with Crippen LogP contribution in [0.15, 0.2) is 18.6 Å². The molecule has 1 saturated carbocycles. The number of anilines is 1. The Bertz CT molecular complexity index is 946. The van der Waals surface area contributed by atoms with E-state index in [0.29, 0.717) is 13.0 Å². The molecule has 5 rings (SSSR count). The van der Waals surface area contributed by atoms with Gasteiger partial charge in [-0.1, -0.05) is 0 Å². The molecule has 0 radical (unpaired) electrons. The van der Waals surface area contributed by atoms with Crippen molar-refractivity contribution in [2.45, 2.75) is 44.2 Å². The molecular weight excluding hydrogens is 386 g/mol. The van der Waals surface area contributed by atoms with E-state index >= 15 is 0 Å². The molecule has 0 aromatic carbocycles. The van der Waals surface area contributed by atoms with Crippen LogP contribution in [0.4, 0.5) is 10.6 Å². The van der Waals surface area contributed by atoms with Crippen LogP contribution in [0.1, 0.15) is 32.1 Å². The Balaban J connectivity index is 1.20. The molecule has 3 aliphatic rings. The number of fused-ring (bicyclic) bond motifs is 2. The molecule has 4 atom stereocenters. The quantitative estimate of drug-likeness (QED) is 0.751. The Morgan fingerprint density at radius 3 is 3.00 bits per heavy atom. The van der Waals surface area contributed by atoms with E-state index in [1.807, 2.05) is 17.2 Å². The molecule has 9 heteroatoms. The van der Waals surface area contributed by atoms with Crippen LogP contribution in [0, 0.1) is 11.8 Å². The van der Waals surface area contributed by atoms with Gasteiger partial charge in [-0.2, -0.15) is 0 Å². The maximum Gasteiger partial charge on any atom is 0.410 e. The number of hydrogen-bond acceptors (Lipinski definition) is 7. The summed E-state index contributed by atoms with van der Waals surface area (Å²) >= 11 is 0. The maximum atomic E-state index is 12.8. The molecule has 0 spiro atoms. The Morgan fingerprint density at radius 2 is 2.13 bits per heavy atom. The fourth-order valence-electron chi connectivity index (χ4n) is 5.15. The third kappa shape index (κ3) is 3.36. The van der Waals surface area contributed by atoms with E-state index in [4.69, 9.17) is 9.47 Å². The summed E-state index contributed by atoms with van der Waals surface area (Å²) in [5.74, 6) is 1.04. The Hall–Kier alpha value is -2.84. The molecule has 9 nitrogen and oxygen atoms in total. The number of piperidine rings is 1. The molecule has 3 fully saturated rings. The maximum absolute atomic E-state index is 12.8. The number of ether oxygens (including phenoxy) is 2. The number of methoxy groups -OCH3 is 1. The average Bonchev–Trinajstić information content (AvgIpc) is 3.17. The molecular formula is C21H27N5O4. The molecule has 2 aromatic heterocycles. The molecule has 2 aromatic rings. The second-order valence-corrected chi connectivity index (χ2v) is 8.42. The minimum absolute atomic E-state index is 0.0189. The highest BCUT2D eigenvalue weighted by molar-refractivity contribution is 5.87. The van der Waals surface area contributed by atoms with Gasteiger partial charge in [0.25, 0.3) is 0 Å². The summed E-state index contributed by atoms with van der Waals surface area (Å²) in [5.41, 5.74) is 0.834. The fraction of sp³-hybridized carbons (Fsp3) is 0.619.